The molecule has 0 bridgehead atoms. The first kappa shape index (κ1) is 27.5. The summed E-state index contributed by atoms with van der Waals surface area (Å²) in [5.41, 5.74) is -0.452. The summed E-state index contributed by atoms with van der Waals surface area (Å²) < 4.78 is 0. The highest BCUT2D eigenvalue weighted by Gasteiger charge is 2.35. The minimum absolute atomic E-state index is 0.452. The van der Waals surface area contributed by atoms with E-state index in [1.807, 2.05) is 0 Å². The Balaban J connectivity index is 3.48. The van der Waals surface area contributed by atoms with Gasteiger partial charge in [-0.3, -0.25) is 4.79 Å². The quantitative estimate of drug-likeness (QED) is 0.185. The van der Waals surface area contributed by atoms with Crippen LogP contribution in [0.2, 0.25) is 0 Å². The Labute approximate surface area is 177 Å². The van der Waals surface area contributed by atoms with E-state index in [4.69, 9.17) is 0 Å². The molecule has 0 aromatic rings. The fraction of sp³-hybridized carbons (Fsp3) is 0.962. The first-order valence-electron chi connectivity index (χ1n) is 12.9. The predicted octanol–water partition coefficient (Wildman–Crippen LogP) is 9.31. The van der Waals surface area contributed by atoms with E-state index in [0.717, 1.165) is 38.5 Å². The highest BCUT2D eigenvalue weighted by Crippen LogP contribution is 2.35. The van der Waals surface area contributed by atoms with Gasteiger partial charge in [-0.1, -0.05) is 136 Å². The number of carboxylic acids is 1. The highest BCUT2D eigenvalue weighted by atomic mass is 16.4. The summed E-state index contributed by atoms with van der Waals surface area (Å²) in [5.74, 6) is -0.565. The van der Waals surface area contributed by atoms with Gasteiger partial charge in [0.05, 0.1) is 5.41 Å². The number of unbranched alkanes of at least 4 members (excludes halogenated alkanes) is 16. The molecule has 0 heterocycles. The molecule has 0 aliphatic carbocycles. The van der Waals surface area contributed by atoms with Crippen molar-refractivity contribution in [3.63, 3.8) is 0 Å². The van der Waals surface area contributed by atoms with E-state index in [1.165, 1.54) is 96.3 Å². The molecule has 0 aliphatic rings. The maximum absolute atomic E-state index is 11.7. The molecule has 1 unspecified atom stereocenters. The Morgan fingerprint density at radius 2 is 0.857 bits per heavy atom. The summed E-state index contributed by atoms with van der Waals surface area (Å²) in [4.78, 5) is 11.7. The summed E-state index contributed by atoms with van der Waals surface area (Å²) in [5, 5.41) is 9.68. The van der Waals surface area contributed by atoms with E-state index in [-0.39, 0.29) is 0 Å². The van der Waals surface area contributed by atoms with Gasteiger partial charge in [-0.15, -0.1) is 0 Å². The highest BCUT2D eigenvalue weighted by molar-refractivity contribution is 5.74. The van der Waals surface area contributed by atoms with Crippen LogP contribution in [0, 0.1) is 5.41 Å². The fourth-order valence-corrected chi connectivity index (χ4v) is 4.37. The Kier molecular flexibility index (Phi) is 19.4. The molecule has 0 saturated heterocycles. The van der Waals surface area contributed by atoms with Crippen molar-refractivity contribution in [2.45, 2.75) is 156 Å². The Morgan fingerprint density at radius 1 is 0.536 bits per heavy atom. The Hall–Kier alpha value is -0.530. The number of aliphatic carboxylic acids is 1. The van der Waals surface area contributed by atoms with Gasteiger partial charge in [-0.05, 0) is 19.3 Å². The molecule has 168 valence electrons. The maximum atomic E-state index is 11.7. The van der Waals surface area contributed by atoms with Crippen molar-refractivity contribution in [2.75, 3.05) is 0 Å². The van der Waals surface area contributed by atoms with E-state index >= 15 is 0 Å². The molecule has 0 aliphatic heterocycles. The molecule has 0 aromatic heterocycles. The van der Waals surface area contributed by atoms with Crippen LogP contribution < -0.4 is 0 Å². The second-order valence-electron chi connectivity index (χ2n) is 9.10. The van der Waals surface area contributed by atoms with E-state index in [2.05, 4.69) is 20.8 Å². The van der Waals surface area contributed by atoms with Gasteiger partial charge >= 0.3 is 5.97 Å². The zero-order chi connectivity index (χ0) is 20.9. The van der Waals surface area contributed by atoms with E-state index < -0.39 is 11.4 Å². The number of carbonyl (C=O) groups is 1. The average molecular weight is 397 g/mol. The topological polar surface area (TPSA) is 37.3 Å². The molecule has 1 N–H and O–H groups in total. The smallest absolute Gasteiger partial charge is 0.309 e. The van der Waals surface area contributed by atoms with Gasteiger partial charge in [0.2, 0.25) is 0 Å². The van der Waals surface area contributed by atoms with Crippen molar-refractivity contribution >= 4 is 5.97 Å². The zero-order valence-corrected chi connectivity index (χ0v) is 19.7. The predicted molar refractivity (Wildman–Crippen MR) is 124 cm³/mol. The van der Waals surface area contributed by atoms with Crippen molar-refractivity contribution in [3.8, 4) is 0 Å². The fourth-order valence-electron chi connectivity index (χ4n) is 4.37. The van der Waals surface area contributed by atoms with Crippen molar-refractivity contribution in [3.05, 3.63) is 0 Å². The van der Waals surface area contributed by atoms with Crippen LogP contribution in [0.5, 0.6) is 0 Å². The number of rotatable bonds is 22. The van der Waals surface area contributed by atoms with Crippen molar-refractivity contribution in [1.82, 2.24) is 0 Å². The molecule has 0 rings (SSSR count). The summed E-state index contributed by atoms with van der Waals surface area (Å²) in [6.45, 7) is 6.48. The van der Waals surface area contributed by atoms with E-state index in [0.29, 0.717) is 0 Å². The molecule has 28 heavy (non-hydrogen) atoms. The van der Waals surface area contributed by atoms with Crippen LogP contribution in [0.1, 0.15) is 156 Å². The van der Waals surface area contributed by atoms with Crippen LogP contribution in [0.25, 0.3) is 0 Å². The van der Waals surface area contributed by atoms with Crippen molar-refractivity contribution in [2.24, 2.45) is 5.41 Å². The van der Waals surface area contributed by atoms with Gasteiger partial charge in [-0.2, -0.15) is 0 Å². The molecular weight excluding hydrogens is 344 g/mol. The molecule has 0 amide bonds. The SMILES string of the molecule is CCCCCCCCCCCCCCCCCCC(CC)(CCCC)C(=O)O. The standard InChI is InChI=1S/C26H52O2/c1-4-7-9-10-11-12-13-14-15-16-17-18-19-20-21-22-24-26(6-3,25(27)28)23-8-5-2/h4-24H2,1-3H3,(H,27,28). The molecule has 2 nitrogen and oxygen atoms in total. The molecule has 0 spiro atoms. The second-order valence-corrected chi connectivity index (χ2v) is 9.10. The normalized spacial score (nSPS) is 13.5. The lowest BCUT2D eigenvalue weighted by molar-refractivity contribution is -0.150. The minimum atomic E-state index is -0.565. The third kappa shape index (κ3) is 14.5. The number of hydrogen-bond acceptors (Lipinski definition) is 1. The summed E-state index contributed by atoms with van der Waals surface area (Å²) in [6.07, 6.45) is 26.5. The largest absolute Gasteiger partial charge is 0.481 e. The molecule has 0 aromatic carbocycles. The van der Waals surface area contributed by atoms with Crippen LogP contribution in [-0.4, -0.2) is 11.1 Å². The Bertz CT molecular complexity index is 339. The molecule has 0 radical (unpaired) electrons. The van der Waals surface area contributed by atoms with Gasteiger partial charge < -0.3 is 5.11 Å². The van der Waals surface area contributed by atoms with Gasteiger partial charge in [0.15, 0.2) is 0 Å². The van der Waals surface area contributed by atoms with Gasteiger partial charge in [0.1, 0.15) is 0 Å². The first-order chi connectivity index (χ1) is 13.6. The number of carboxylic acid groups (broad SMARTS) is 1. The number of hydrogen-bond donors (Lipinski definition) is 1. The van der Waals surface area contributed by atoms with Gasteiger partial charge in [-0.25, -0.2) is 0 Å². The van der Waals surface area contributed by atoms with Crippen LogP contribution in [0.15, 0.2) is 0 Å². The van der Waals surface area contributed by atoms with Gasteiger partial charge in [0.25, 0.3) is 0 Å². The Morgan fingerprint density at radius 3 is 1.18 bits per heavy atom. The van der Waals surface area contributed by atoms with Gasteiger partial charge in [0, 0.05) is 0 Å². The van der Waals surface area contributed by atoms with Crippen LogP contribution in [0.3, 0.4) is 0 Å². The van der Waals surface area contributed by atoms with Crippen LogP contribution >= 0.6 is 0 Å². The monoisotopic (exact) mass is 396 g/mol. The maximum Gasteiger partial charge on any atom is 0.309 e. The van der Waals surface area contributed by atoms with Crippen molar-refractivity contribution in [1.29, 1.82) is 0 Å². The minimum Gasteiger partial charge on any atom is -0.481 e. The molecule has 0 fully saturated rings. The van der Waals surface area contributed by atoms with E-state index in [1.54, 1.807) is 0 Å². The molecule has 2 heteroatoms. The van der Waals surface area contributed by atoms with Crippen LogP contribution in [-0.2, 0) is 4.79 Å². The first-order valence-corrected chi connectivity index (χ1v) is 12.9. The average Bonchev–Trinajstić information content (AvgIpc) is 2.70. The second kappa shape index (κ2) is 19.8. The lowest BCUT2D eigenvalue weighted by Gasteiger charge is -2.28. The zero-order valence-electron chi connectivity index (χ0n) is 19.7. The third-order valence-corrected chi connectivity index (χ3v) is 6.65. The lowest BCUT2D eigenvalue weighted by Crippen LogP contribution is -2.30. The molecular formula is C26H52O2. The lowest BCUT2D eigenvalue weighted by atomic mass is 9.76. The molecule has 0 saturated carbocycles. The van der Waals surface area contributed by atoms with Crippen molar-refractivity contribution < 1.29 is 9.90 Å². The van der Waals surface area contributed by atoms with Crippen LogP contribution in [0.4, 0.5) is 0 Å². The molecule has 1 atom stereocenters. The summed E-state index contributed by atoms with van der Waals surface area (Å²) >= 11 is 0. The van der Waals surface area contributed by atoms with E-state index in [9.17, 15) is 9.90 Å². The third-order valence-electron chi connectivity index (χ3n) is 6.65. The summed E-state index contributed by atoms with van der Waals surface area (Å²) in [6, 6.07) is 0. The summed E-state index contributed by atoms with van der Waals surface area (Å²) in [7, 11) is 0.